The average Bonchev–Trinajstić information content (AvgIpc) is 2.60. The van der Waals surface area contributed by atoms with Crippen molar-refractivity contribution < 1.29 is 13.5 Å². The minimum absolute atomic E-state index is 0.271. The zero-order valence-corrected chi connectivity index (χ0v) is 13.3. The molecule has 0 spiro atoms. The lowest BCUT2D eigenvalue weighted by Crippen LogP contribution is -2.42. The van der Waals surface area contributed by atoms with Crippen molar-refractivity contribution in [2.75, 3.05) is 18.5 Å². The molecule has 1 unspecified atom stereocenters. The smallest absolute Gasteiger partial charge is 0.355 e. The minimum atomic E-state index is -2.74. The van der Waals surface area contributed by atoms with Crippen molar-refractivity contribution in [3.63, 3.8) is 0 Å². The summed E-state index contributed by atoms with van der Waals surface area (Å²) < 4.78 is 33.0. The summed E-state index contributed by atoms with van der Waals surface area (Å²) in [6.07, 6.45) is -1.69. The highest BCUT2D eigenvalue weighted by atomic mass is 19.3. The molecule has 3 rings (SSSR count). The lowest BCUT2D eigenvalue weighted by molar-refractivity contribution is 0.0670. The largest absolute Gasteiger partial charge is 0.381 e. The van der Waals surface area contributed by atoms with Gasteiger partial charge in [-0.3, -0.25) is 4.98 Å². The third kappa shape index (κ3) is 3.93. The summed E-state index contributed by atoms with van der Waals surface area (Å²) in [5.74, 6) is -0.271. The molecule has 0 amide bonds. The van der Waals surface area contributed by atoms with Crippen LogP contribution in [-0.2, 0) is 4.74 Å². The van der Waals surface area contributed by atoms with Gasteiger partial charge in [0.1, 0.15) is 6.04 Å². The molecule has 0 radical (unpaired) electrons. The van der Waals surface area contributed by atoms with Gasteiger partial charge >= 0.3 is 11.4 Å². The lowest BCUT2D eigenvalue weighted by atomic mass is 10.1. The van der Waals surface area contributed by atoms with Crippen LogP contribution < -0.4 is 16.7 Å². The molecule has 1 saturated heterocycles. The first-order valence-corrected chi connectivity index (χ1v) is 7.96. The summed E-state index contributed by atoms with van der Waals surface area (Å²) in [5, 5.41) is 2.45. The van der Waals surface area contributed by atoms with Crippen LogP contribution in [0.5, 0.6) is 0 Å². The number of aromatic nitrogens is 3. The van der Waals surface area contributed by atoms with Gasteiger partial charge in [-0.1, -0.05) is 30.3 Å². The van der Waals surface area contributed by atoms with E-state index in [1.165, 1.54) is 12.1 Å². The standard InChI is InChI=1S/C16H18F2N4O3/c17-13(18)12(10-4-2-1-3-5-10)19-14-20-15(23)22(16(24)21-14)11-6-8-25-9-7-11/h1-5,11-13H,6-9H2,(H2,19,20,21,23,24). The first-order valence-electron chi connectivity index (χ1n) is 7.96. The molecular formula is C16H18F2N4O3. The molecule has 1 aromatic carbocycles. The van der Waals surface area contributed by atoms with Crippen LogP contribution in [0.25, 0.3) is 0 Å². The van der Waals surface area contributed by atoms with E-state index in [4.69, 9.17) is 4.74 Å². The van der Waals surface area contributed by atoms with Crippen molar-refractivity contribution in [2.45, 2.75) is 31.4 Å². The molecule has 2 N–H and O–H groups in total. The molecule has 25 heavy (non-hydrogen) atoms. The maximum Gasteiger partial charge on any atom is 0.355 e. The van der Waals surface area contributed by atoms with Crippen LogP contribution in [0.4, 0.5) is 14.7 Å². The van der Waals surface area contributed by atoms with Crippen molar-refractivity contribution in [3.05, 3.63) is 56.9 Å². The fraction of sp³-hybridized carbons (Fsp3) is 0.438. The van der Waals surface area contributed by atoms with E-state index in [0.29, 0.717) is 31.6 Å². The maximum absolute atomic E-state index is 13.4. The quantitative estimate of drug-likeness (QED) is 0.855. The summed E-state index contributed by atoms with van der Waals surface area (Å²) in [4.78, 5) is 30.6. The van der Waals surface area contributed by atoms with Gasteiger partial charge in [-0.05, 0) is 18.4 Å². The molecule has 0 bridgehead atoms. The van der Waals surface area contributed by atoms with E-state index in [1.54, 1.807) is 18.2 Å². The highest BCUT2D eigenvalue weighted by molar-refractivity contribution is 5.31. The predicted octanol–water partition coefficient (Wildman–Crippen LogP) is 1.70. The van der Waals surface area contributed by atoms with Crippen LogP contribution in [0, 0.1) is 0 Å². The van der Waals surface area contributed by atoms with E-state index in [-0.39, 0.29) is 12.0 Å². The van der Waals surface area contributed by atoms with Gasteiger partial charge in [-0.2, -0.15) is 4.98 Å². The Balaban J connectivity index is 1.88. The summed E-state index contributed by atoms with van der Waals surface area (Å²) in [7, 11) is 0. The summed E-state index contributed by atoms with van der Waals surface area (Å²) >= 11 is 0. The maximum atomic E-state index is 13.4. The van der Waals surface area contributed by atoms with Gasteiger partial charge in [0, 0.05) is 19.3 Å². The third-order valence-electron chi connectivity index (χ3n) is 4.12. The summed E-state index contributed by atoms with van der Waals surface area (Å²) in [6, 6.07) is 6.35. The number of aromatic amines is 1. The van der Waals surface area contributed by atoms with Crippen LogP contribution in [0.2, 0.25) is 0 Å². The Labute approximate surface area is 141 Å². The predicted molar refractivity (Wildman–Crippen MR) is 87.0 cm³/mol. The average molecular weight is 352 g/mol. The minimum Gasteiger partial charge on any atom is -0.381 e. The number of alkyl halides is 2. The molecule has 2 aromatic rings. The monoisotopic (exact) mass is 352 g/mol. The van der Waals surface area contributed by atoms with Gasteiger partial charge in [0.2, 0.25) is 5.95 Å². The number of halogens is 2. The van der Waals surface area contributed by atoms with Crippen LogP contribution in [0.3, 0.4) is 0 Å². The molecule has 1 fully saturated rings. The Bertz CT molecular complexity index is 785. The van der Waals surface area contributed by atoms with Gasteiger partial charge in [0.15, 0.2) is 0 Å². The van der Waals surface area contributed by atoms with Crippen LogP contribution in [0.15, 0.2) is 39.9 Å². The topological polar surface area (TPSA) is 89.0 Å². The Morgan fingerprint density at radius 3 is 2.48 bits per heavy atom. The van der Waals surface area contributed by atoms with E-state index in [1.807, 2.05) is 0 Å². The molecule has 1 aromatic heterocycles. The Kier molecular flexibility index (Phi) is 5.22. The molecule has 9 heteroatoms. The number of hydrogen-bond donors (Lipinski definition) is 2. The number of nitrogens with one attached hydrogen (secondary N) is 2. The van der Waals surface area contributed by atoms with Crippen molar-refractivity contribution in [1.29, 1.82) is 0 Å². The highest BCUT2D eigenvalue weighted by Crippen LogP contribution is 2.23. The Hall–Kier alpha value is -2.55. The molecule has 134 valence electrons. The van der Waals surface area contributed by atoms with Crippen molar-refractivity contribution >= 4 is 5.95 Å². The number of nitrogens with zero attached hydrogens (tertiary/aromatic N) is 2. The summed E-state index contributed by atoms with van der Waals surface area (Å²) in [6.45, 7) is 0.913. The first kappa shape index (κ1) is 17.3. The SMILES string of the molecule is O=c1nc(NC(c2ccccc2)C(F)F)[nH]c(=O)n1C1CCOCC1. The van der Waals surface area contributed by atoms with E-state index in [9.17, 15) is 18.4 Å². The molecule has 0 saturated carbocycles. The van der Waals surface area contributed by atoms with E-state index in [2.05, 4.69) is 15.3 Å². The number of H-pyrrole nitrogens is 1. The fourth-order valence-corrected chi connectivity index (χ4v) is 2.86. The number of ether oxygens (including phenoxy) is 1. The van der Waals surface area contributed by atoms with E-state index in [0.717, 1.165) is 4.57 Å². The second-order valence-electron chi connectivity index (χ2n) is 5.75. The number of hydrogen-bond acceptors (Lipinski definition) is 5. The van der Waals surface area contributed by atoms with Gasteiger partial charge in [0.25, 0.3) is 6.43 Å². The van der Waals surface area contributed by atoms with Crippen LogP contribution >= 0.6 is 0 Å². The molecule has 1 aliphatic heterocycles. The van der Waals surface area contributed by atoms with Gasteiger partial charge in [-0.15, -0.1) is 0 Å². The van der Waals surface area contributed by atoms with Gasteiger partial charge in [-0.25, -0.2) is 22.9 Å². The van der Waals surface area contributed by atoms with Gasteiger partial charge in [0.05, 0.1) is 0 Å². The molecule has 1 aliphatic rings. The number of rotatable bonds is 5. The van der Waals surface area contributed by atoms with Crippen molar-refractivity contribution in [2.24, 2.45) is 0 Å². The summed E-state index contributed by atoms with van der Waals surface area (Å²) in [5.41, 5.74) is -1.11. The fourth-order valence-electron chi connectivity index (χ4n) is 2.86. The molecular weight excluding hydrogens is 334 g/mol. The molecule has 0 aliphatic carbocycles. The van der Waals surface area contributed by atoms with Crippen LogP contribution in [0.1, 0.15) is 30.5 Å². The zero-order chi connectivity index (χ0) is 17.8. The number of anilines is 1. The van der Waals surface area contributed by atoms with Crippen molar-refractivity contribution in [1.82, 2.24) is 14.5 Å². The van der Waals surface area contributed by atoms with Crippen molar-refractivity contribution in [3.8, 4) is 0 Å². The third-order valence-corrected chi connectivity index (χ3v) is 4.12. The zero-order valence-electron chi connectivity index (χ0n) is 13.3. The van der Waals surface area contributed by atoms with Gasteiger partial charge < -0.3 is 10.1 Å². The normalized spacial score (nSPS) is 16.8. The highest BCUT2D eigenvalue weighted by Gasteiger charge is 2.25. The molecule has 7 nitrogen and oxygen atoms in total. The van der Waals surface area contributed by atoms with E-state index < -0.39 is 23.8 Å². The molecule has 2 heterocycles. The second kappa shape index (κ2) is 7.56. The second-order valence-corrected chi connectivity index (χ2v) is 5.75. The Morgan fingerprint density at radius 1 is 1.20 bits per heavy atom. The first-order chi connectivity index (χ1) is 12.1. The molecule has 1 atom stereocenters. The lowest BCUT2D eigenvalue weighted by Gasteiger charge is -2.23. The Morgan fingerprint density at radius 2 is 1.88 bits per heavy atom. The number of benzene rings is 1. The van der Waals surface area contributed by atoms with E-state index >= 15 is 0 Å². The van der Waals surface area contributed by atoms with Crippen LogP contribution in [-0.4, -0.2) is 34.2 Å².